The number of aryl methyl sites for hydroxylation is 1. The number of carbonyl (C=O) groups is 1. The minimum Gasteiger partial charge on any atom is -0.376 e. The van der Waals surface area contributed by atoms with Crippen molar-refractivity contribution in [1.82, 2.24) is 10.3 Å². The first-order chi connectivity index (χ1) is 9.65. The standard InChI is InChI=1S/C15H16ClN3O/c1-11-4-5-13(16)7-14(11)18-10-15(20)19-9-12-3-2-6-17-8-12/h2-8,18H,9-10H2,1H3,(H,19,20). The van der Waals surface area contributed by atoms with Crippen molar-refractivity contribution in [2.75, 3.05) is 11.9 Å². The van der Waals surface area contributed by atoms with E-state index < -0.39 is 0 Å². The highest BCUT2D eigenvalue weighted by molar-refractivity contribution is 6.30. The second kappa shape index (κ2) is 6.91. The Hall–Kier alpha value is -2.07. The minimum atomic E-state index is -0.0757. The number of amides is 1. The molecule has 0 aliphatic rings. The Kier molecular flexibility index (Phi) is 4.96. The van der Waals surface area contributed by atoms with Crippen LogP contribution in [0.3, 0.4) is 0 Å². The van der Waals surface area contributed by atoms with Crippen LogP contribution in [-0.2, 0) is 11.3 Å². The van der Waals surface area contributed by atoms with Crippen LogP contribution in [0.5, 0.6) is 0 Å². The van der Waals surface area contributed by atoms with Gasteiger partial charge in [0, 0.05) is 29.6 Å². The molecule has 1 amide bonds. The lowest BCUT2D eigenvalue weighted by Crippen LogP contribution is -2.29. The lowest BCUT2D eigenvalue weighted by atomic mass is 10.2. The fourth-order valence-electron chi connectivity index (χ4n) is 1.73. The van der Waals surface area contributed by atoms with Crippen molar-refractivity contribution in [2.24, 2.45) is 0 Å². The predicted molar refractivity (Wildman–Crippen MR) is 80.8 cm³/mol. The molecule has 0 bridgehead atoms. The molecule has 0 saturated heterocycles. The van der Waals surface area contributed by atoms with E-state index in [9.17, 15) is 4.79 Å². The van der Waals surface area contributed by atoms with Crippen LogP contribution in [0, 0.1) is 6.92 Å². The number of hydrogen-bond acceptors (Lipinski definition) is 3. The summed E-state index contributed by atoms with van der Waals surface area (Å²) >= 11 is 5.93. The quantitative estimate of drug-likeness (QED) is 0.890. The van der Waals surface area contributed by atoms with E-state index in [1.165, 1.54) is 0 Å². The lowest BCUT2D eigenvalue weighted by Gasteiger charge is -2.10. The summed E-state index contributed by atoms with van der Waals surface area (Å²) in [6.45, 7) is 2.65. The number of carbonyl (C=O) groups excluding carboxylic acids is 1. The van der Waals surface area contributed by atoms with Gasteiger partial charge in [-0.15, -0.1) is 0 Å². The minimum absolute atomic E-state index is 0.0757. The summed E-state index contributed by atoms with van der Waals surface area (Å²) in [6.07, 6.45) is 3.43. The fourth-order valence-corrected chi connectivity index (χ4v) is 1.90. The molecule has 2 N–H and O–H groups in total. The number of anilines is 1. The number of benzene rings is 1. The van der Waals surface area contributed by atoms with Crippen molar-refractivity contribution >= 4 is 23.2 Å². The number of hydrogen-bond donors (Lipinski definition) is 2. The molecule has 2 rings (SSSR count). The van der Waals surface area contributed by atoms with Gasteiger partial charge in [-0.2, -0.15) is 0 Å². The van der Waals surface area contributed by atoms with E-state index in [1.807, 2.05) is 37.3 Å². The molecule has 20 heavy (non-hydrogen) atoms. The molecule has 104 valence electrons. The van der Waals surface area contributed by atoms with E-state index in [0.29, 0.717) is 11.6 Å². The summed E-state index contributed by atoms with van der Waals surface area (Å²) in [4.78, 5) is 15.8. The van der Waals surface area contributed by atoms with Crippen molar-refractivity contribution in [3.05, 3.63) is 58.9 Å². The Morgan fingerprint density at radius 2 is 2.20 bits per heavy atom. The van der Waals surface area contributed by atoms with Gasteiger partial charge in [0.1, 0.15) is 0 Å². The zero-order valence-corrected chi connectivity index (χ0v) is 11.9. The molecule has 0 radical (unpaired) electrons. The summed E-state index contributed by atoms with van der Waals surface area (Å²) in [5.41, 5.74) is 2.89. The third kappa shape index (κ3) is 4.24. The summed E-state index contributed by atoms with van der Waals surface area (Å²) in [6, 6.07) is 9.31. The average molecular weight is 290 g/mol. The van der Waals surface area contributed by atoms with Gasteiger partial charge in [0.05, 0.1) is 6.54 Å². The highest BCUT2D eigenvalue weighted by atomic mass is 35.5. The van der Waals surface area contributed by atoms with E-state index in [1.54, 1.807) is 12.4 Å². The van der Waals surface area contributed by atoms with Crippen molar-refractivity contribution in [3.63, 3.8) is 0 Å². The van der Waals surface area contributed by atoms with Crippen molar-refractivity contribution < 1.29 is 4.79 Å². The molecule has 0 aliphatic heterocycles. The van der Waals surface area contributed by atoms with Gasteiger partial charge in [-0.1, -0.05) is 23.7 Å². The second-order valence-corrected chi connectivity index (χ2v) is 4.89. The smallest absolute Gasteiger partial charge is 0.239 e. The Bertz CT molecular complexity index is 587. The van der Waals surface area contributed by atoms with Gasteiger partial charge in [-0.25, -0.2) is 0 Å². The van der Waals surface area contributed by atoms with E-state index in [0.717, 1.165) is 16.8 Å². The molecule has 5 heteroatoms. The summed E-state index contributed by atoms with van der Waals surface area (Å²) < 4.78 is 0. The maximum atomic E-state index is 11.8. The van der Waals surface area contributed by atoms with Gasteiger partial charge in [-0.05, 0) is 36.2 Å². The molecule has 0 saturated carbocycles. The van der Waals surface area contributed by atoms with Crippen LogP contribution in [-0.4, -0.2) is 17.4 Å². The topological polar surface area (TPSA) is 54.0 Å². The molecular weight excluding hydrogens is 274 g/mol. The SMILES string of the molecule is Cc1ccc(Cl)cc1NCC(=O)NCc1cccnc1. The number of aromatic nitrogens is 1. The highest BCUT2D eigenvalue weighted by Gasteiger charge is 2.03. The number of nitrogens with zero attached hydrogens (tertiary/aromatic N) is 1. The van der Waals surface area contributed by atoms with Gasteiger partial charge in [-0.3, -0.25) is 9.78 Å². The molecule has 2 aromatic rings. The van der Waals surface area contributed by atoms with Crippen LogP contribution >= 0.6 is 11.6 Å². The lowest BCUT2D eigenvalue weighted by molar-refractivity contribution is -0.119. The number of pyridine rings is 1. The predicted octanol–water partition coefficient (Wildman–Crippen LogP) is 2.77. The third-order valence-corrected chi connectivity index (χ3v) is 3.09. The molecular formula is C15H16ClN3O. The van der Waals surface area contributed by atoms with Crippen molar-refractivity contribution in [3.8, 4) is 0 Å². The van der Waals surface area contributed by atoms with Gasteiger partial charge in [0.25, 0.3) is 0 Å². The van der Waals surface area contributed by atoms with Crippen LogP contribution in [0.2, 0.25) is 5.02 Å². The van der Waals surface area contributed by atoms with Gasteiger partial charge < -0.3 is 10.6 Å². The molecule has 0 unspecified atom stereocenters. The van der Waals surface area contributed by atoms with Crippen LogP contribution in [0.15, 0.2) is 42.7 Å². The normalized spacial score (nSPS) is 10.1. The Morgan fingerprint density at radius 3 is 2.95 bits per heavy atom. The van der Waals surface area contributed by atoms with Crippen LogP contribution in [0.1, 0.15) is 11.1 Å². The van der Waals surface area contributed by atoms with Crippen LogP contribution in [0.4, 0.5) is 5.69 Å². The molecule has 0 aliphatic carbocycles. The maximum absolute atomic E-state index is 11.8. The summed E-state index contributed by atoms with van der Waals surface area (Å²) in [7, 11) is 0. The van der Waals surface area contributed by atoms with Gasteiger partial charge in [0.15, 0.2) is 0 Å². The summed E-state index contributed by atoms with van der Waals surface area (Å²) in [5, 5.41) is 6.55. The molecule has 0 atom stereocenters. The third-order valence-electron chi connectivity index (χ3n) is 2.85. The van der Waals surface area contributed by atoms with Crippen LogP contribution < -0.4 is 10.6 Å². The number of rotatable bonds is 5. The summed E-state index contributed by atoms with van der Waals surface area (Å²) in [5.74, 6) is -0.0757. The Labute approximate surface area is 123 Å². The molecule has 1 aromatic heterocycles. The zero-order valence-electron chi connectivity index (χ0n) is 11.2. The van der Waals surface area contributed by atoms with E-state index in [-0.39, 0.29) is 12.5 Å². The van der Waals surface area contributed by atoms with Crippen LogP contribution in [0.25, 0.3) is 0 Å². The van der Waals surface area contributed by atoms with Crippen molar-refractivity contribution in [1.29, 1.82) is 0 Å². The molecule has 0 fully saturated rings. The van der Waals surface area contributed by atoms with Gasteiger partial charge >= 0.3 is 0 Å². The van der Waals surface area contributed by atoms with E-state index in [2.05, 4.69) is 15.6 Å². The number of halogens is 1. The highest BCUT2D eigenvalue weighted by Crippen LogP contribution is 2.19. The Balaban J connectivity index is 1.82. The van der Waals surface area contributed by atoms with Gasteiger partial charge in [0.2, 0.25) is 5.91 Å². The van der Waals surface area contributed by atoms with Crippen molar-refractivity contribution in [2.45, 2.75) is 13.5 Å². The molecule has 1 aromatic carbocycles. The van der Waals surface area contributed by atoms with E-state index in [4.69, 9.17) is 11.6 Å². The first-order valence-electron chi connectivity index (χ1n) is 6.31. The van der Waals surface area contributed by atoms with E-state index >= 15 is 0 Å². The zero-order chi connectivity index (χ0) is 14.4. The fraction of sp³-hybridized carbons (Fsp3) is 0.200. The average Bonchev–Trinajstić information content (AvgIpc) is 2.47. The second-order valence-electron chi connectivity index (χ2n) is 4.45. The maximum Gasteiger partial charge on any atom is 0.239 e. The molecule has 0 spiro atoms. The number of nitrogens with one attached hydrogen (secondary N) is 2. The molecule has 1 heterocycles. The molecule has 4 nitrogen and oxygen atoms in total. The largest absolute Gasteiger partial charge is 0.376 e. The Morgan fingerprint density at radius 1 is 1.35 bits per heavy atom. The monoisotopic (exact) mass is 289 g/mol. The first kappa shape index (κ1) is 14.3. The first-order valence-corrected chi connectivity index (χ1v) is 6.68.